The molecule has 0 bridgehead atoms. The Balaban J connectivity index is 1.59. The first-order valence-corrected chi connectivity index (χ1v) is 13.4. The second-order valence-electron chi connectivity index (χ2n) is 13.3. The maximum absolute atomic E-state index is 12.8. The molecule has 4 aliphatic rings. The Hall–Kier alpha value is -1.38. The van der Waals surface area contributed by atoms with Crippen LogP contribution in [0.25, 0.3) is 0 Å². The molecule has 184 valence electrons. The number of hydrogen-bond donors (Lipinski definition) is 1. The van der Waals surface area contributed by atoms with Gasteiger partial charge in [0.15, 0.2) is 0 Å². The Kier molecular flexibility index (Phi) is 6.07. The summed E-state index contributed by atoms with van der Waals surface area (Å²) >= 11 is 0. The summed E-state index contributed by atoms with van der Waals surface area (Å²) < 4.78 is 0. The van der Waals surface area contributed by atoms with Gasteiger partial charge in [-0.05, 0) is 98.2 Å². The molecule has 4 rings (SSSR count). The van der Waals surface area contributed by atoms with E-state index in [4.69, 9.17) is 5.11 Å². The fraction of sp³-hybridized carbons (Fsp3) is 0.800. The van der Waals surface area contributed by atoms with Crippen LogP contribution in [0.4, 0.5) is 0 Å². The van der Waals surface area contributed by atoms with E-state index in [1.807, 2.05) is 6.08 Å². The van der Waals surface area contributed by atoms with E-state index in [1.165, 1.54) is 25.7 Å². The number of rotatable bonds is 5. The third kappa shape index (κ3) is 3.50. The summed E-state index contributed by atoms with van der Waals surface area (Å²) in [6, 6.07) is 0. The van der Waals surface area contributed by atoms with Crippen molar-refractivity contribution in [3.8, 4) is 0 Å². The van der Waals surface area contributed by atoms with Crippen molar-refractivity contribution in [3.63, 3.8) is 0 Å². The lowest BCUT2D eigenvalue weighted by atomic mass is 9.41. The van der Waals surface area contributed by atoms with Gasteiger partial charge in [-0.2, -0.15) is 0 Å². The van der Waals surface area contributed by atoms with Crippen molar-refractivity contribution in [2.24, 2.45) is 45.3 Å². The van der Waals surface area contributed by atoms with Gasteiger partial charge < -0.3 is 5.11 Å². The van der Waals surface area contributed by atoms with Crippen LogP contribution in [0.5, 0.6) is 0 Å². The molecule has 0 amide bonds. The van der Waals surface area contributed by atoms with Gasteiger partial charge in [-0.3, -0.25) is 4.79 Å². The molecule has 3 nitrogen and oxygen atoms in total. The number of aliphatic carboxylic acids is 1. The van der Waals surface area contributed by atoms with Crippen LogP contribution in [0.3, 0.4) is 0 Å². The molecule has 0 aromatic heterocycles. The van der Waals surface area contributed by atoms with E-state index in [2.05, 4.69) is 47.6 Å². The molecule has 0 spiro atoms. The first kappa shape index (κ1) is 24.7. The summed E-state index contributed by atoms with van der Waals surface area (Å²) in [7, 11) is 0. The van der Waals surface area contributed by atoms with Gasteiger partial charge in [0.25, 0.3) is 0 Å². The van der Waals surface area contributed by atoms with Crippen LogP contribution in [-0.4, -0.2) is 16.9 Å². The zero-order valence-electron chi connectivity index (χ0n) is 22.1. The fourth-order valence-electron chi connectivity index (χ4n) is 9.32. The molecule has 3 fully saturated rings. The van der Waals surface area contributed by atoms with E-state index >= 15 is 0 Å². The summed E-state index contributed by atoms with van der Waals surface area (Å²) in [6.07, 6.45) is 14.4. The first-order chi connectivity index (χ1) is 15.3. The summed E-state index contributed by atoms with van der Waals surface area (Å²) in [5, 5.41) is 9.16. The molecular formula is C30H46O3. The van der Waals surface area contributed by atoms with Crippen molar-refractivity contribution in [2.75, 3.05) is 0 Å². The smallest absolute Gasteiger partial charge is 0.330 e. The molecule has 0 aromatic rings. The van der Waals surface area contributed by atoms with E-state index in [0.29, 0.717) is 40.4 Å². The molecule has 0 aliphatic heterocycles. The lowest BCUT2D eigenvalue weighted by Crippen LogP contribution is -2.57. The van der Waals surface area contributed by atoms with Crippen LogP contribution in [-0.2, 0) is 9.59 Å². The zero-order valence-corrected chi connectivity index (χ0v) is 22.1. The maximum atomic E-state index is 12.8. The molecule has 4 aliphatic carbocycles. The summed E-state index contributed by atoms with van der Waals surface area (Å²) in [6.45, 7) is 16.2. The Morgan fingerprint density at radius 2 is 1.85 bits per heavy atom. The van der Waals surface area contributed by atoms with Gasteiger partial charge in [-0.15, -0.1) is 0 Å². The topological polar surface area (TPSA) is 54.4 Å². The van der Waals surface area contributed by atoms with E-state index in [9.17, 15) is 9.59 Å². The minimum atomic E-state index is -0.801. The van der Waals surface area contributed by atoms with Gasteiger partial charge in [-0.1, -0.05) is 59.3 Å². The summed E-state index contributed by atoms with van der Waals surface area (Å²) in [5.41, 5.74) is 2.80. The number of allylic oxidation sites excluding steroid dienone is 3. The van der Waals surface area contributed by atoms with Gasteiger partial charge in [0, 0.05) is 17.4 Å². The van der Waals surface area contributed by atoms with E-state index in [0.717, 1.165) is 32.1 Å². The SMILES string of the molecule is C/C(=C\CCC(C)C1CCC2(C)C3=CCC4C(C)(C)C(=O)CCC4(C)C3CCC12C)C(=O)O. The second-order valence-corrected chi connectivity index (χ2v) is 13.3. The third-order valence-corrected chi connectivity index (χ3v) is 11.7. The van der Waals surface area contributed by atoms with Crippen molar-refractivity contribution < 1.29 is 14.7 Å². The molecule has 0 aromatic carbocycles. The average Bonchev–Trinajstić information content (AvgIpc) is 3.02. The average molecular weight is 455 g/mol. The highest BCUT2D eigenvalue weighted by molar-refractivity contribution is 5.86. The lowest BCUT2D eigenvalue weighted by Gasteiger charge is -2.63. The van der Waals surface area contributed by atoms with Gasteiger partial charge in [0.1, 0.15) is 5.78 Å². The number of carbonyl (C=O) groups is 2. The number of carbonyl (C=O) groups excluding carboxylic acids is 1. The predicted molar refractivity (Wildman–Crippen MR) is 134 cm³/mol. The maximum Gasteiger partial charge on any atom is 0.330 e. The minimum Gasteiger partial charge on any atom is -0.478 e. The van der Waals surface area contributed by atoms with Gasteiger partial charge in [-0.25, -0.2) is 4.79 Å². The number of fused-ring (bicyclic) bond motifs is 5. The van der Waals surface area contributed by atoms with Crippen molar-refractivity contribution in [1.82, 2.24) is 0 Å². The predicted octanol–water partition coefficient (Wildman–Crippen LogP) is 7.61. The van der Waals surface area contributed by atoms with E-state index < -0.39 is 5.97 Å². The summed E-state index contributed by atoms with van der Waals surface area (Å²) in [4.78, 5) is 23.9. The molecule has 0 heterocycles. The highest BCUT2D eigenvalue weighted by Gasteiger charge is 2.65. The van der Waals surface area contributed by atoms with Crippen LogP contribution in [0.1, 0.15) is 106 Å². The molecular weight excluding hydrogens is 408 g/mol. The first-order valence-electron chi connectivity index (χ1n) is 13.4. The largest absolute Gasteiger partial charge is 0.478 e. The van der Waals surface area contributed by atoms with Crippen LogP contribution >= 0.6 is 0 Å². The highest BCUT2D eigenvalue weighted by Crippen LogP contribution is 2.73. The van der Waals surface area contributed by atoms with Crippen molar-refractivity contribution in [3.05, 3.63) is 23.3 Å². The molecule has 33 heavy (non-hydrogen) atoms. The minimum absolute atomic E-state index is 0.203. The number of carboxylic acid groups (broad SMARTS) is 1. The number of Topliss-reactive ketones (excluding diaryl/α,β-unsaturated/α-hetero) is 1. The van der Waals surface area contributed by atoms with E-state index in [1.54, 1.807) is 12.5 Å². The Bertz CT molecular complexity index is 894. The van der Waals surface area contributed by atoms with Crippen LogP contribution < -0.4 is 0 Å². The third-order valence-electron chi connectivity index (χ3n) is 11.7. The van der Waals surface area contributed by atoms with Gasteiger partial charge in [0.2, 0.25) is 0 Å². The normalized spacial score (nSPS) is 43.2. The van der Waals surface area contributed by atoms with Crippen molar-refractivity contribution in [1.29, 1.82) is 0 Å². The van der Waals surface area contributed by atoms with Gasteiger partial charge >= 0.3 is 5.97 Å². The molecule has 7 atom stereocenters. The van der Waals surface area contributed by atoms with E-state index in [-0.39, 0.29) is 16.2 Å². The van der Waals surface area contributed by atoms with Crippen LogP contribution in [0, 0.1) is 45.3 Å². The quantitative estimate of drug-likeness (QED) is 0.343. The Morgan fingerprint density at radius 1 is 1.15 bits per heavy atom. The molecule has 3 saturated carbocycles. The fourth-order valence-corrected chi connectivity index (χ4v) is 9.32. The molecule has 0 saturated heterocycles. The number of carboxylic acids is 1. The molecule has 7 unspecified atom stereocenters. The Morgan fingerprint density at radius 3 is 2.52 bits per heavy atom. The molecule has 3 heteroatoms. The lowest BCUT2D eigenvalue weighted by molar-refractivity contribution is -0.146. The molecule has 0 radical (unpaired) electrons. The second kappa shape index (κ2) is 8.09. The zero-order chi connectivity index (χ0) is 24.4. The monoisotopic (exact) mass is 454 g/mol. The number of ketones is 1. The van der Waals surface area contributed by atoms with Crippen molar-refractivity contribution >= 4 is 11.8 Å². The molecule has 1 N–H and O–H groups in total. The number of hydrogen-bond acceptors (Lipinski definition) is 2. The van der Waals surface area contributed by atoms with Crippen molar-refractivity contribution in [2.45, 2.75) is 106 Å². The highest BCUT2D eigenvalue weighted by atomic mass is 16.4. The standard InChI is InChI=1S/C30H46O3/c1-19(9-8-10-20(2)26(32)33)21-13-17-30(7)23-11-12-24-27(3,4)25(31)15-16-28(24,5)22(23)14-18-29(21,30)6/h10-11,19,21-22,24H,8-9,12-18H2,1-7H3,(H,32,33)/b20-10+. The summed E-state index contributed by atoms with van der Waals surface area (Å²) in [5.74, 6) is 2.05. The Labute approximate surface area is 201 Å². The van der Waals surface area contributed by atoms with Crippen LogP contribution in [0.15, 0.2) is 23.3 Å². The van der Waals surface area contributed by atoms with Crippen LogP contribution in [0.2, 0.25) is 0 Å². The van der Waals surface area contributed by atoms with Gasteiger partial charge in [0.05, 0.1) is 0 Å².